The van der Waals surface area contributed by atoms with Crippen molar-refractivity contribution in [3.05, 3.63) is 60.2 Å². The molecule has 4 heteroatoms. The molecule has 0 radical (unpaired) electrons. The molecule has 2 aliphatic rings. The number of halogens is 1. The molecule has 1 aromatic carbocycles. The number of allylic oxidation sites excluding steroid dienone is 1. The molecule has 1 saturated carbocycles. The van der Waals surface area contributed by atoms with Crippen LogP contribution in [0, 0.1) is 35.4 Å². The fourth-order valence-electron chi connectivity index (χ4n) is 4.87. The van der Waals surface area contributed by atoms with Crippen molar-refractivity contribution in [1.82, 2.24) is 4.98 Å². The highest BCUT2D eigenvalue weighted by molar-refractivity contribution is 5.75. The van der Waals surface area contributed by atoms with Crippen LogP contribution >= 0.6 is 0 Å². The Kier molecular flexibility index (Phi) is 5.05. The topological polar surface area (TPSA) is 39.2 Å². The number of esters is 1. The van der Waals surface area contributed by atoms with Gasteiger partial charge in [-0.1, -0.05) is 38.1 Å². The molecule has 1 aliphatic heterocycles. The van der Waals surface area contributed by atoms with Crippen LogP contribution in [-0.4, -0.2) is 17.1 Å². The Morgan fingerprint density at radius 2 is 1.96 bits per heavy atom. The van der Waals surface area contributed by atoms with Gasteiger partial charge in [0, 0.05) is 17.7 Å². The number of aromatic nitrogens is 1. The number of fused-ring (bicyclic) bond motifs is 1. The summed E-state index contributed by atoms with van der Waals surface area (Å²) in [5.74, 6) is 1.23. The van der Waals surface area contributed by atoms with E-state index in [1.807, 2.05) is 31.2 Å². The normalized spacial score (nSPS) is 32.4. The van der Waals surface area contributed by atoms with Gasteiger partial charge in [-0.25, -0.2) is 4.39 Å². The maximum absolute atomic E-state index is 13.4. The maximum atomic E-state index is 13.4. The zero-order valence-corrected chi connectivity index (χ0v) is 16.5. The Morgan fingerprint density at radius 3 is 2.68 bits per heavy atom. The Hall–Kier alpha value is -2.49. The van der Waals surface area contributed by atoms with E-state index in [2.05, 4.69) is 24.9 Å². The van der Waals surface area contributed by atoms with E-state index in [4.69, 9.17) is 4.74 Å². The minimum absolute atomic E-state index is 0.0131. The molecule has 1 aromatic heterocycles. The Labute approximate surface area is 165 Å². The molecule has 6 atom stereocenters. The van der Waals surface area contributed by atoms with Crippen molar-refractivity contribution >= 4 is 12.0 Å². The van der Waals surface area contributed by atoms with E-state index < -0.39 is 0 Å². The van der Waals surface area contributed by atoms with Crippen LogP contribution in [-0.2, 0) is 9.53 Å². The zero-order valence-electron chi connectivity index (χ0n) is 16.5. The third-order valence-electron chi connectivity index (χ3n) is 6.62. The molecule has 0 spiro atoms. The van der Waals surface area contributed by atoms with E-state index in [9.17, 15) is 9.18 Å². The van der Waals surface area contributed by atoms with Gasteiger partial charge in [-0.3, -0.25) is 9.78 Å². The number of cyclic esters (lactones) is 1. The van der Waals surface area contributed by atoms with Crippen LogP contribution in [0.4, 0.5) is 4.39 Å². The fourth-order valence-corrected chi connectivity index (χ4v) is 4.87. The molecular formula is C24H26FNO2. The Morgan fingerprint density at radius 1 is 1.14 bits per heavy atom. The highest BCUT2D eigenvalue weighted by atomic mass is 19.1. The van der Waals surface area contributed by atoms with Crippen molar-refractivity contribution in [1.29, 1.82) is 0 Å². The number of pyridine rings is 1. The monoisotopic (exact) mass is 379 g/mol. The highest BCUT2D eigenvalue weighted by Crippen LogP contribution is 2.48. The number of carbonyl (C=O) groups is 1. The van der Waals surface area contributed by atoms with Gasteiger partial charge in [0.15, 0.2) is 0 Å². The minimum atomic E-state index is -0.251. The van der Waals surface area contributed by atoms with E-state index in [-0.39, 0.29) is 29.7 Å². The van der Waals surface area contributed by atoms with Gasteiger partial charge in [-0.2, -0.15) is 0 Å². The lowest BCUT2D eigenvalue weighted by Gasteiger charge is -2.40. The van der Waals surface area contributed by atoms with Gasteiger partial charge in [0.05, 0.1) is 11.6 Å². The molecule has 28 heavy (non-hydrogen) atoms. The van der Waals surface area contributed by atoms with Crippen LogP contribution in [0.1, 0.15) is 32.9 Å². The predicted molar refractivity (Wildman–Crippen MR) is 108 cm³/mol. The molecule has 146 valence electrons. The van der Waals surface area contributed by atoms with Crippen LogP contribution in [0.2, 0.25) is 0 Å². The summed E-state index contributed by atoms with van der Waals surface area (Å²) in [4.78, 5) is 16.7. The second kappa shape index (κ2) is 7.50. The Balaban J connectivity index is 1.55. The van der Waals surface area contributed by atoms with Gasteiger partial charge in [0.1, 0.15) is 11.9 Å². The van der Waals surface area contributed by atoms with Gasteiger partial charge in [-0.05, 0) is 60.9 Å². The molecule has 4 rings (SSSR count). The van der Waals surface area contributed by atoms with Crippen LogP contribution < -0.4 is 0 Å². The lowest BCUT2D eigenvalue weighted by Crippen LogP contribution is -2.39. The van der Waals surface area contributed by atoms with Crippen molar-refractivity contribution in [3.63, 3.8) is 0 Å². The van der Waals surface area contributed by atoms with Gasteiger partial charge in [0.2, 0.25) is 0 Å². The van der Waals surface area contributed by atoms with E-state index in [0.717, 1.165) is 23.2 Å². The van der Waals surface area contributed by atoms with Crippen molar-refractivity contribution < 1.29 is 13.9 Å². The molecule has 0 amide bonds. The lowest BCUT2D eigenvalue weighted by molar-refractivity contribution is -0.144. The number of hydrogen-bond donors (Lipinski definition) is 0. The molecule has 3 nitrogen and oxygen atoms in total. The van der Waals surface area contributed by atoms with Gasteiger partial charge >= 0.3 is 5.97 Å². The largest absolute Gasteiger partial charge is 0.462 e. The van der Waals surface area contributed by atoms with Gasteiger partial charge in [0.25, 0.3) is 0 Å². The summed E-state index contributed by atoms with van der Waals surface area (Å²) in [5, 5.41) is 0. The third-order valence-corrected chi connectivity index (χ3v) is 6.62. The summed E-state index contributed by atoms with van der Waals surface area (Å²) < 4.78 is 19.0. The van der Waals surface area contributed by atoms with Gasteiger partial charge < -0.3 is 4.74 Å². The van der Waals surface area contributed by atoms with E-state index in [1.54, 1.807) is 12.3 Å². The number of carbonyl (C=O) groups excluding carboxylic acids is 1. The number of benzene rings is 1. The second-order valence-electron chi connectivity index (χ2n) is 8.32. The average Bonchev–Trinajstić information content (AvgIpc) is 2.96. The summed E-state index contributed by atoms with van der Waals surface area (Å²) in [6.07, 6.45) is 6.90. The first-order valence-corrected chi connectivity index (χ1v) is 10.0. The quantitative estimate of drug-likeness (QED) is 0.673. The number of rotatable bonds is 3. The molecule has 0 bridgehead atoms. The van der Waals surface area contributed by atoms with Crippen LogP contribution in [0.15, 0.2) is 48.7 Å². The zero-order chi connectivity index (χ0) is 19.8. The molecule has 0 N–H and O–H groups in total. The number of ether oxygens (including phenoxy) is 1. The van der Waals surface area contributed by atoms with E-state index in [0.29, 0.717) is 17.8 Å². The van der Waals surface area contributed by atoms with Crippen molar-refractivity contribution in [2.24, 2.45) is 29.6 Å². The number of nitrogens with zero attached hydrogens (tertiary/aromatic N) is 1. The minimum Gasteiger partial charge on any atom is -0.462 e. The summed E-state index contributed by atoms with van der Waals surface area (Å²) in [5.41, 5.74) is 2.57. The first-order valence-electron chi connectivity index (χ1n) is 10.0. The van der Waals surface area contributed by atoms with E-state index >= 15 is 0 Å². The lowest BCUT2D eigenvalue weighted by atomic mass is 9.62. The van der Waals surface area contributed by atoms with Crippen LogP contribution in [0.25, 0.3) is 17.2 Å². The second-order valence-corrected chi connectivity index (χ2v) is 8.32. The standard InChI is InChI=1S/C24H26FNO2/c1-14-11-22-23(16(3)28-24(22)27)21(15(14)2)10-9-20-8-7-18(13-26-20)17-5-4-6-19(25)12-17/h4-10,12-16,21-23H,11H2,1-3H3/b10-9+/t14-,15+,16+,21-,22+,23-/m0/s1. The maximum Gasteiger partial charge on any atom is 0.309 e. The van der Waals surface area contributed by atoms with Crippen molar-refractivity contribution in [2.75, 3.05) is 0 Å². The highest BCUT2D eigenvalue weighted by Gasteiger charge is 2.51. The average molecular weight is 379 g/mol. The smallest absolute Gasteiger partial charge is 0.309 e. The van der Waals surface area contributed by atoms with Crippen molar-refractivity contribution in [3.8, 4) is 11.1 Å². The fraction of sp³-hybridized carbons (Fsp3) is 0.417. The Bertz CT molecular complexity index is 892. The molecule has 1 aliphatic carbocycles. The predicted octanol–water partition coefficient (Wildman–Crippen LogP) is 5.37. The summed E-state index contributed by atoms with van der Waals surface area (Å²) in [6, 6.07) is 10.4. The van der Waals surface area contributed by atoms with Crippen molar-refractivity contribution in [2.45, 2.75) is 33.3 Å². The first-order chi connectivity index (χ1) is 13.4. The summed E-state index contributed by atoms with van der Waals surface area (Å²) in [6.45, 7) is 6.51. The number of hydrogen-bond acceptors (Lipinski definition) is 3. The third kappa shape index (κ3) is 3.48. The van der Waals surface area contributed by atoms with Crippen LogP contribution in [0.3, 0.4) is 0 Å². The van der Waals surface area contributed by atoms with E-state index in [1.165, 1.54) is 12.1 Å². The van der Waals surface area contributed by atoms with Crippen LogP contribution in [0.5, 0.6) is 0 Å². The SMILES string of the molecule is C[C@H]1[C@H](/C=C/c2ccc(-c3cccc(F)c3)cn2)[C@@H]2[C@@H](C)OC(=O)[C@@H]2C[C@@H]1C. The molecule has 2 heterocycles. The molecule has 0 unspecified atom stereocenters. The van der Waals surface area contributed by atoms with Gasteiger partial charge in [-0.15, -0.1) is 0 Å². The first kappa shape index (κ1) is 18.9. The molecular weight excluding hydrogens is 353 g/mol. The molecule has 1 saturated heterocycles. The molecule has 2 fully saturated rings. The molecule has 2 aromatic rings. The summed E-state index contributed by atoms with van der Waals surface area (Å²) >= 11 is 0. The summed E-state index contributed by atoms with van der Waals surface area (Å²) in [7, 11) is 0.